The lowest BCUT2D eigenvalue weighted by Gasteiger charge is -2.33. The van der Waals surface area contributed by atoms with Gasteiger partial charge in [-0.1, -0.05) is 97.1 Å². The maximum Gasteiger partial charge on any atom is 0.271 e. The molecule has 694 valence electrons. The highest BCUT2D eigenvalue weighted by Gasteiger charge is 2.33. The van der Waals surface area contributed by atoms with Crippen LogP contribution in [0.15, 0.2) is 231 Å². The number of carbonyl (C=O) groups is 5. The molecule has 5 aliphatic rings. The number of halogens is 3. The Morgan fingerprint density at radius 3 is 1.03 bits per heavy atom. The molecule has 30 nitrogen and oxygen atoms in total. The molecule has 134 heavy (non-hydrogen) atoms. The molecule has 0 N–H and O–H groups in total. The summed E-state index contributed by atoms with van der Waals surface area (Å²) < 4.78 is 87.6. The van der Waals surface area contributed by atoms with Crippen LogP contribution in [0.4, 0.5) is 13.2 Å². The fraction of sp³-hybridized carbons (Fsp3) is 0.307. The first-order chi connectivity index (χ1) is 64.7. The molecule has 0 aliphatic carbocycles. The van der Waals surface area contributed by atoms with Gasteiger partial charge in [-0.15, -0.1) is 25.5 Å². The summed E-state index contributed by atoms with van der Waals surface area (Å²) in [5.41, 5.74) is 17.0. The molecule has 0 spiro atoms. The molecule has 15 aromatic rings. The number of aromatic nitrogens is 15. The fourth-order valence-corrected chi connectivity index (χ4v) is 16.4. The lowest BCUT2D eigenvalue weighted by Crippen LogP contribution is -2.45. The molecule has 33 heteroatoms. The fourth-order valence-electron chi connectivity index (χ4n) is 16.4. The minimum absolute atomic E-state index is 0.0141. The number of ether oxygens (including phenoxy) is 5. The second-order valence-corrected chi connectivity index (χ2v) is 34.1. The Bertz CT molecular complexity index is 6590. The van der Waals surface area contributed by atoms with E-state index >= 15 is 0 Å². The molecule has 0 unspecified atom stereocenters. The van der Waals surface area contributed by atoms with Gasteiger partial charge in [0.15, 0.2) is 0 Å². The molecule has 1 atom stereocenters. The van der Waals surface area contributed by atoms with E-state index in [1.807, 2.05) is 292 Å². The molecule has 5 aromatic carbocycles. The number of benzene rings is 5. The lowest BCUT2D eigenvalue weighted by molar-refractivity contribution is 0.0594. The van der Waals surface area contributed by atoms with Crippen molar-refractivity contribution < 1.29 is 60.8 Å². The Labute approximate surface area is 774 Å². The van der Waals surface area contributed by atoms with E-state index in [0.29, 0.717) is 144 Å². The first kappa shape index (κ1) is 92.0. The summed E-state index contributed by atoms with van der Waals surface area (Å²) in [5.74, 6) is 1.97. The molecule has 15 heterocycles. The zero-order valence-corrected chi connectivity index (χ0v) is 76.8. The summed E-state index contributed by atoms with van der Waals surface area (Å²) in [6.45, 7) is 20.1. The van der Waals surface area contributed by atoms with Crippen LogP contribution < -0.4 is 23.7 Å². The second kappa shape index (κ2) is 41.4. The average Bonchev–Trinajstić information content (AvgIpc) is 1.57. The third-order valence-electron chi connectivity index (χ3n) is 24.5. The van der Waals surface area contributed by atoms with Gasteiger partial charge in [0.2, 0.25) is 29.4 Å². The third kappa shape index (κ3) is 22.3. The number of amides is 5. The van der Waals surface area contributed by atoms with E-state index in [-0.39, 0.29) is 72.9 Å². The van der Waals surface area contributed by atoms with E-state index in [0.717, 1.165) is 104 Å². The second-order valence-electron chi connectivity index (χ2n) is 34.1. The van der Waals surface area contributed by atoms with Crippen molar-refractivity contribution in [1.82, 2.24) is 96.2 Å². The van der Waals surface area contributed by atoms with Crippen molar-refractivity contribution in [1.29, 1.82) is 0 Å². The molecule has 0 fully saturated rings. The topological polar surface area (TPSA) is 261 Å². The Balaban J connectivity index is 0.000000122. The highest BCUT2D eigenvalue weighted by Crippen LogP contribution is 2.30. The molecule has 5 amide bonds. The molecule has 10 aromatic heterocycles. The standard InChI is InChI=1S/2C21H24N4O2.2C20H21FN4O2.C19H19FN4O2/c1-15-9-10-19(23(15)3)21(26)24-13-18-11-20(22-25(18)12-16(24)2)27-14-17-7-5-4-6-8-17;1-16-9-10-19(23(16)2)21(26)24-11-6-12-25-18(14-24)13-20(22-25)27-15-17-7-4-3-5-8-17;1-14-8-16(11-23(14)2)20(26)24-6-7-25-18(12-24)10-19(22-25)27-13-15-4-3-5-17(21)9-15;1-14-6-7-18(23(14)2)20(26)24-8-9-25-17(12-24)11-19(22-25)27-13-15-4-3-5-16(21)10-15;1-22-6-5-15(11-22)19(25)23-7-8-24-17(12-23)10-18(21-24)26-13-14-3-2-4-16(20)9-14/h4-11,16H,12-14H2,1-3H3;3-5,7-10,13H,6,11-12,14-15H2,1-2H3;3-5,8-11H,6-7,12-13H2,1-2H3;3-7,10-11H,8-9,12-13H2,1-2H3;2-6,9-11H,7-8,12-13H2,1H3/t16-;;;;/m0..../s1. The molecule has 0 saturated heterocycles. The van der Waals surface area contributed by atoms with Gasteiger partial charge in [-0.05, 0) is 154 Å². The Morgan fingerprint density at radius 1 is 0.328 bits per heavy atom. The summed E-state index contributed by atoms with van der Waals surface area (Å²) in [6, 6.07) is 63.7. The minimum atomic E-state index is -0.287. The van der Waals surface area contributed by atoms with E-state index in [9.17, 15) is 37.1 Å². The summed E-state index contributed by atoms with van der Waals surface area (Å²) in [4.78, 5) is 73.4. The highest BCUT2D eigenvalue weighted by atomic mass is 19.1. The zero-order valence-electron chi connectivity index (χ0n) is 76.8. The number of rotatable bonds is 20. The first-order valence-electron chi connectivity index (χ1n) is 44.6. The van der Waals surface area contributed by atoms with Gasteiger partial charge in [0.05, 0.1) is 98.5 Å². The van der Waals surface area contributed by atoms with Crippen molar-refractivity contribution in [2.45, 2.75) is 146 Å². The lowest BCUT2D eigenvalue weighted by atomic mass is 10.2. The van der Waals surface area contributed by atoms with Crippen molar-refractivity contribution in [3.05, 3.63) is 356 Å². The predicted octanol–water partition coefficient (Wildman–Crippen LogP) is 14.7. The van der Waals surface area contributed by atoms with Gasteiger partial charge in [0.1, 0.15) is 67.6 Å². The van der Waals surface area contributed by atoms with Gasteiger partial charge in [-0.2, -0.15) is 0 Å². The first-order valence-corrected chi connectivity index (χ1v) is 44.6. The molecule has 0 bridgehead atoms. The number of hydrogen-bond donors (Lipinski definition) is 0. The van der Waals surface area contributed by atoms with Crippen LogP contribution in [0.1, 0.15) is 145 Å². The molecule has 5 aliphatic heterocycles. The summed E-state index contributed by atoms with van der Waals surface area (Å²) in [6.07, 6.45) is 6.42. The van der Waals surface area contributed by atoms with E-state index < -0.39 is 0 Å². The number of hydrogen-bond acceptors (Lipinski definition) is 15. The smallest absolute Gasteiger partial charge is 0.271 e. The van der Waals surface area contributed by atoms with E-state index in [2.05, 4.69) is 32.4 Å². The van der Waals surface area contributed by atoms with Crippen molar-refractivity contribution in [3.8, 4) is 29.4 Å². The SMILES string of the molecule is Cc1cc(C(=O)N2CCn3nc(OCc4cccc(F)c4)cc3C2)cn1C.Cc1ccc(C(=O)N2CCCn3nc(OCc4ccccc4)cc3C2)n1C.Cc1ccc(C(=O)N2CCn3nc(OCc4cccc(F)c4)cc3C2)n1C.Cc1ccc(C(=O)N2Cc3cc(OCc4ccccc4)nn3C[C@@H]2C)n1C.Cn1ccc(C(=O)N2CCn3nc(OCc4cccc(F)c4)cc3C2)c1. The van der Waals surface area contributed by atoms with Gasteiger partial charge < -0.3 is 71.0 Å². The highest BCUT2D eigenvalue weighted by molar-refractivity contribution is 5.96. The quantitative estimate of drug-likeness (QED) is 0.0687. The minimum Gasteiger partial charge on any atom is -0.472 e. The predicted molar refractivity (Wildman–Crippen MR) is 494 cm³/mol. The molecule has 20 rings (SSSR count). The number of aryl methyl sites for hydroxylation is 7. The van der Waals surface area contributed by atoms with Crippen LogP contribution in [0.5, 0.6) is 29.4 Å². The maximum absolute atomic E-state index is 13.3. The Morgan fingerprint density at radius 2 is 0.672 bits per heavy atom. The molecular formula is C101H109F3N20O10. The molecular weight excluding hydrogens is 1710 g/mol. The van der Waals surface area contributed by atoms with E-state index in [4.69, 9.17) is 23.7 Å². The zero-order chi connectivity index (χ0) is 93.8. The largest absolute Gasteiger partial charge is 0.472 e. The normalized spacial score (nSPS) is 14.2. The average molecular weight is 1820 g/mol. The van der Waals surface area contributed by atoms with Crippen LogP contribution in [0.2, 0.25) is 0 Å². The van der Waals surface area contributed by atoms with E-state index in [1.54, 1.807) is 36.4 Å². The number of carbonyl (C=O) groups excluding carboxylic acids is 5. The van der Waals surface area contributed by atoms with Crippen molar-refractivity contribution in [2.75, 3.05) is 26.2 Å². The van der Waals surface area contributed by atoms with Gasteiger partial charge >= 0.3 is 0 Å². The monoisotopic (exact) mass is 1820 g/mol. The van der Waals surface area contributed by atoms with Gasteiger partial charge in [0, 0.05) is 146 Å². The maximum atomic E-state index is 13.3. The van der Waals surface area contributed by atoms with Crippen LogP contribution in [-0.2, 0) is 134 Å². The van der Waals surface area contributed by atoms with Crippen molar-refractivity contribution in [3.63, 3.8) is 0 Å². The summed E-state index contributed by atoms with van der Waals surface area (Å²) >= 11 is 0. The molecule has 0 saturated carbocycles. The van der Waals surface area contributed by atoms with Crippen LogP contribution in [0.3, 0.4) is 0 Å². The third-order valence-corrected chi connectivity index (χ3v) is 24.5. The number of nitrogens with zero attached hydrogens (tertiary/aromatic N) is 20. The van der Waals surface area contributed by atoms with Crippen molar-refractivity contribution in [2.24, 2.45) is 35.2 Å². The van der Waals surface area contributed by atoms with Crippen molar-refractivity contribution >= 4 is 29.5 Å². The Hall–Kier alpha value is -15.3. The van der Waals surface area contributed by atoms with Crippen LogP contribution in [0, 0.1) is 45.1 Å². The van der Waals surface area contributed by atoms with Gasteiger partial charge in [0.25, 0.3) is 29.5 Å². The Kier molecular flexibility index (Phi) is 28.4. The summed E-state index contributed by atoms with van der Waals surface area (Å²) in [5, 5.41) is 22.4. The van der Waals surface area contributed by atoms with Gasteiger partial charge in [-0.3, -0.25) is 47.4 Å². The van der Waals surface area contributed by atoms with Gasteiger partial charge in [-0.25, -0.2) is 13.2 Å². The summed E-state index contributed by atoms with van der Waals surface area (Å²) in [7, 11) is 9.58. The van der Waals surface area contributed by atoms with E-state index in [1.165, 1.54) is 36.4 Å². The van der Waals surface area contributed by atoms with Crippen LogP contribution in [0.25, 0.3) is 0 Å². The molecule has 0 radical (unpaired) electrons. The van der Waals surface area contributed by atoms with Crippen LogP contribution >= 0.6 is 0 Å². The van der Waals surface area contributed by atoms with Crippen LogP contribution in [-0.4, -0.2) is 158 Å². The number of fused-ring (bicyclic) bond motifs is 5.